The second kappa shape index (κ2) is 6.59. The van der Waals surface area contributed by atoms with Gasteiger partial charge >= 0.3 is 5.97 Å². The van der Waals surface area contributed by atoms with E-state index in [1.54, 1.807) is 17.4 Å². The van der Waals surface area contributed by atoms with Crippen LogP contribution in [0.3, 0.4) is 0 Å². The number of aliphatic carboxylic acids is 1. The quantitative estimate of drug-likeness (QED) is 0.867. The predicted octanol–water partition coefficient (Wildman–Crippen LogP) is 3.17. The fourth-order valence-electron chi connectivity index (χ4n) is 2.15. The van der Waals surface area contributed by atoms with Crippen LogP contribution in [0.2, 0.25) is 0 Å². The highest BCUT2D eigenvalue weighted by atomic mass is 32.2. The van der Waals surface area contributed by atoms with Crippen LogP contribution in [0.5, 0.6) is 0 Å². The van der Waals surface area contributed by atoms with Crippen molar-refractivity contribution < 1.29 is 9.90 Å². The molecule has 1 N–H and O–H groups in total. The van der Waals surface area contributed by atoms with Gasteiger partial charge in [0, 0.05) is 41.1 Å². The number of hydrogen-bond acceptors (Lipinski definition) is 4. The Balaban J connectivity index is 1.97. The molecule has 0 spiro atoms. The van der Waals surface area contributed by atoms with Gasteiger partial charge in [-0.05, 0) is 30.0 Å². The largest absolute Gasteiger partial charge is 0.478 e. The average Bonchev–Trinajstić information content (AvgIpc) is 2.80. The van der Waals surface area contributed by atoms with E-state index in [4.69, 9.17) is 5.11 Å². The predicted molar refractivity (Wildman–Crippen MR) is 82.8 cm³/mol. The second-order valence-electron chi connectivity index (χ2n) is 4.80. The molecule has 1 aliphatic heterocycles. The highest BCUT2D eigenvalue weighted by molar-refractivity contribution is 8.00. The first kappa shape index (κ1) is 14.6. The van der Waals surface area contributed by atoms with E-state index in [9.17, 15) is 4.79 Å². The Morgan fingerprint density at radius 3 is 3.11 bits per heavy atom. The van der Waals surface area contributed by atoms with Gasteiger partial charge in [-0.15, -0.1) is 11.3 Å². The van der Waals surface area contributed by atoms with E-state index >= 15 is 0 Å². The van der Waals surface area contributed by atoms with Crippen LogP contribution in [0.25, 0.3) is 6.08 Å². The molecular weight excluding hydrogens is 278 g/mol. The summed E-state index contributed by atoms with van der Waals surface area (Å²) < 4.78 is 0. The maximum atomic E-state index is 10.5. The summed E-state index contributed by atoms with van der Waals surface area (Å²) in [5.41, 5.74) is 0.981. The molecule has 2 heterocycles. The van der Waals surface area contributed by atoms with Crippen molar-refractivity contribution in [3.05, 3.63) is 28.0 Å². The third-order valence-electron chi connectivity index (χ3n) is 3.47. The topological polar surface area (TPSA) is 40.5 Å². The molecule has 0 amide bonds. The fraction of sp³-hybridized carbons (Fsp3) is 0.500. The number of carbonyl (C=O) groups is 1. The zero-order chi connectivity index (χ0) is 13.8. The van der Waals surface area contributed by atoms with E-state index in [2.05, 4.69) is 24.8 Å². The van der Waals surface area contributed by atoms with Crippen molar-refractivity contribution in [2.45, 2.75) is 31.7 Å². The lowest BCUT2D eigenvalue weighted by Crippen LogP contribution is -2.43. The van der Waals surface area contributed by atoms with E-state index in [-0.39, 0.29) is 0 Å². The van der Waals surface area contributed by atoms with Gasteiger partial charge < -0.3 is 5.11 Å². The highest BCUT2D eigenvalue weighted by Gasteiger charge is 2.25. The Morgan fingerprint density at radius 1 is 1.58 bits per heavy atom. The van der Waals surface area contributed by atoms with Crippen molar-refractivity contribution in [1.29, 1.82) is 0 Å². The van der Waals surface area contributed by atoms with Gasteiger partial charge in [0.05, 0.1) is 0 Å². The Labute approximate surface area is 122 Å². The molecule has 1 aromatic heterocycles. The van der Waals surface area contributed by atoms with Gasteiger partial charge in [0.25, 0.3) is 0 Å². The number of rotatable bonds is 4. The van der Waals surface area contributed by atoms with Gasteiger partial charge in [0.15, 0.2) is 0 Å². The normalized spacial score (nSPS) is 24.9. The first-order valence-corrected chi connectivity index (χ1v) is 8.33. The zero-order valence-corrected chi connectivity index (χ0v) is 12.8. The molecule has 0 aliphatic carbocycles. The summed E-state index contributed by atoms with van der Waals surface area (Å²) in [6.45, 7) is 6.68. The van der Waals surface area contributed by atoms with Crippen LogP contribution >= 0.6 is 23.1 Å². The summed E-state index contributed by atoms with van der Waals surface area (Å²) >= 11 is 3.75. The van der Waals surface area contributed by atoms with Gasteiger partial charge in [-0.1, -0.05) is 6.92 Å². The molecule has 2 unspecified atom stereocenters. The van der Waals surface area contributed by atoms with E-state index in [1.165, 1.54) is 16.7 Å². The minimum atomic E-state index is -0.900. The molecule has 0 aromatic carbocycles. The monoisotopic (exact) mass is 297 g/mol. The van der Waals surface area contributed by atoms with Gasteiger partial charge in [-0.25, -0.2) is 4.79 Å². The lowest BCUT2D eigenvalue weighted by molar-refractivity contribution is -0.131. The Hall–Kier alpha value is -0.780. The molecule has 1 saturated heterocycles. The van der Waals surface area contributed by atoms with E-state index in [0.717, 1.165) is 18.7 Å². The fourth-order valence-corrected chi connectivity index (χ4v) is 4.20. The van der Waals surface area contributed by atoms with E-state index in [1.807, 2.05) is 17.1 Å². The Bertz CT molecular complexity index is 470. The number of thioether (sulfide) groups is 1. The first-order chi connectivity index (χ1) is 9.06. The molecule has 3 nitrogen and oxygen atoms in total. The number of nitrogens with zero attached hydrogens (tertiary/aromatic N) is 1. The van der Waals surface area contributed by atoms with Gasteiger partial charge in [-0.2, -0.15) is 11.8 Å². The van der Waals surface area contributed by atoms with Crippen LogP contribution < -0.4 is 0 Å². The summed E-state index contributed by atoms with van der Waals surface area (Å²) in [6, 6.07) is 2.68. The smallest absolute Gasteiger partial charge is 0.328 e. The van der Waals surface area contributed by atoms with Crippen molar-refractivity contribution in [3.8, 4) is 0 Å². The van der Waals surface area contributed by atoms with Crippen LogP contribution in [0.4, 0.5) is 0 Å². The molecule has 1 aromatic rings. The molecule has 2 atom stereocenters. The zero-order valence-electron chi connectivity index (χ0n) is 11.2. The number of hydrogen-bond donors (Lipinski definition) is 1. The molecule has 5 heteroatoms. The molecule has 2 rings (SSSR count). The SMILES string of the molecule is CC1SCCN(Cc2cc(/C=C/C(=O)O)cs2)C1C. The lowest BCUT2D eigenvalue weighted by atomic mass is 10.2. The van der Waals surface area contributed by atoms with Crippen molar-refractivity contribution in [2.24, 2.45) is 0 Å². The summed E-state index contributed by atoms with van der Waals surface area (Å²) in [4.78, 5) is 14.3. The lowest BCUT2D eigenvalue weighted by Gasteiger charge is -2.37. The number of carboxylic acids is 1. The number of carboxylic acid groups (broad SMARTS) is 1. The summed E-state index contributed by atoms with van der Waals surface area (Å²) in [7, 11) is 0. The van der Waals surface area contributed by atoms with Gasteiger partial charge in [-0.3, -0.25) is 4.90 Å². The third-order valence-corrected chi connectivity index (χ3v) is 5.74. The van der Waals surface area contributed by atoms with Crippen LogP contribution in [0, 0.1) is 0 Å². The van der Waals surface area contributed by atoms with Crippen LogP contribution in [0.1, 0.15) is 24.3 Å². The summed E-state index contributed by atoms with van der Waals surface area (Å²) in [5, 5.41) is 11.3. The second-order valence-corrected chi connectivity index (χ2v) is 7.29. The molecule has 0 radical (unpaired) electrons. The number of thiophene rings is 1. The Kier molecular flexibility index (Phi) is 5.07. The molecule has 1 fully saturated rings. The van der Waals surface area contributed by atoms with Crippen LogP contribution in [0.15, 0.2) is 17.5 Å². The minimum absolute atomic E-state index is 0.596. The standard InChI is InChI=1S/C14H19NO2S2/c1-10-11(2)18-6-5-15(10)8-13-7-12(9-19-13)3-4-14(16)17/h3-4,7,9-11H,5-6,8H2,1-2H3,(H,16,17)/b4-3+. The van der Waals surface area contributed by atoms with Crippen LogP contribution in [-0.4, -0.2) is 39.6 Å². The summed E-state index contributed by atoms with van der Waals surface area (Å²) in [6.07, 6.45) is 2.84. The third kappa shape index (κ3) is 4.09. The van der Waals surface area contributed by atoms with Crippen molar-refractivity contribution in [2.75, 3.05) is 12.3 Å². The maximum absolute atomic E-state index is 10.5. The minimum Gasteiger partial charge on any atom is -0.478 e. The van der Waals surface area contributed by atoms with E-state index in [0.29, 0.717) is 11.3 Å². The van der Waals surface area contributed by atoms with Gasteiger partial charge in [0.1, 0.15) is 0 Å². The maximum Gasteiger partial charge on any atom is 0.328 e. The van der Waals surface area contributed by atoms with Crippen LogP contribution in [-0.2, 0) is 11.3 Å². The molecule has 0 bridgehead atoms. The average molecular weight is 297 g/mol. The first-order valence-electron chi connectivity index (χ1n) is 6.40. The molecule has 19 heavy (non-hydrogen) atoms. The molecule has 104 valence electrons. The molecule has 0 saturated carbocycles. The van der Waals surface area contributed by atoms with Gasteiger partial charge in [0.2, 0.25) is 0 Å². The Morgan fingerprint density at radius 2 is 2.37 bits per heavy atom. The highest BCUT2D eigenvalue weighted by Crippen LogP contribution is 2.27. The summed E-state index contributed by atoms with van der Waals surface area (Å²) in [5.74, 6) is 0.297. The van der Waals surface area contributed by atoms with Crippen molar-refractivity contribution >= 4 is 35.1 Å². The van der Waals surface area contributed by atoms with Crippen molar-refractivity contribution in [1.82, 2.24) is 4.90 Å². The van der Waals surface area contributed by atoms with E-state index < -0.39 is 5.97 Å². The van der Waals surface area contributed by atoms with Crippen molar-refractivity contribution in [3.63, 3.8) is 0 Å². The molecule has 1 aliphatic rings. The molecular formula is C14H19NO2S2.